The molecule has 0 spiro atoms. The quantitative estimate of drug-likeness (QED) is 0.469. The van der Waals surface area contributed by atoms with E-state index < -0.39 is 0 Å². The lowest BCUT2D eigenvalue weighted by atomic mass is 10.2. The van der Waals surface area contributed by atoms with Crippen molar-refractivity contribution in [2.45, 2.75) is 13.8 Å². The van der Waals surface area contributed by atoms with E-state index in [-0.39, 0.29) is 11.6 Å². The largest absolute Gasteiger partial charge is 0.486 e. The maximum absolute atomic E-state index is 13.2. The van der Waals surface area contributed by atoms with E-state index in [9.17, 15) is 4.39 Å². The van der Waals surface area contributed by atoms with Crippen molar-refractivity contribution >= 4 is 0 Å². The molecule has 0 fully saturated rings. The van der Waals surface area contributed by atoms with Gasteiger partial charge in [-0.1, -0.05) is 18.2 Å². The minimum absolute atomic E-state index is 0.253. The lowest BCUT2D eigenvalue weighted by Crippen LogP contribution is -2.20. The van der Waals surface area contributed by atoms with Gasteiger partial charge in [-0.3, -0.25) is 5.84 Å². The summed E-state index contributed by atoms with van der Waals surface area (Å²) in [4.78, 5) is 0. The third-order valence-electron chi connectivity index (χ3n) is 2.17. The maximum atomic E-state index is 13.2. The number of hydrogen-bond donors (Lipinski definition) is 2. The molecule has 17 heavy (non-hydrogen) atoms. The van der Waals surface area contributed by atoms with E-state index in [1.807, 2.05) is 26.0 Å². The minimum Gasteiger partial charge on any atom is -0.486 e. The molecule has 0 aliphatic rings. The monoisotopic (exact) mass is 236 g/mol. The van der Waals surface area contributed by atoms with Crippen LogP contribution in [0.5, 0.6) is 5.75 Å². The molecule has 0 saturated heterocycles. The first kappa shape index (κ1) is 13.3. The standard InChI is InChI=1S/C13H17FN2O/c1-3-11(16-15)8-10(2)9-17-13-7-5-4-6-12(13)14/h3-8,16H,9,15H2,1-2H3/b10-8-,11-3+. The Labute approximate surface area is 101 Å². The zero-order valence-corrected chi connectivity index (χ0v) is 10.0. The van der Waals surface area contributed by atoms with Gasteiger partial charge in [-0.2, -0.15) is 0 Å². The Kier molecular flexibility index (Phi) is 5.23. The Balaban J connectivity index is 2.60. The zero-order valence-electron chi connectivity index (χ0n) is 10.0. The summed E-state index contributed by atoms with van der Waals surface area (Å²) in [7, 11) is 0. The average Bonchev–Trinajstić information content (AvgIpc) is 2.35. The highest BCUT2D eigenvalue weighted by atomic mass is 19.1. The zero-order chi connectivity index (χ0) is 12.7. The second-order valence-electron chi connectivity index (χ2n) is 3.60. The predicted molar refractivity (Wildman–Crippen MR) is 66.7 cm³/mol. The van der Waals surface area contributed by atoms with Crippen molar-refractivity contribution in [3.05, 3.63) is 53.5 Å². The first-order chi connectivity index (χ1) is 8.17. The summed E-state index contributed by atoms with van der Waals surface area (Å²) in [6, 6.07) is 6.32. The molecule has 0 aromatic heterocycles. The molecule has 3 N–H and O–H groups in total. The van der Waals surface area contributed by atoms with E-state index in [2.05, 4.69) is 5.43 Å². The Morgan fingerprint density at radius 1 is 1.47 bits per heavy atom. The van der Waals surface area contributed by atoms with Crippen molar-refractivity contribution in [1.29, 1.82) is 0 Å². The lowest BCUT2D eigenvalue weighted by Gasteiger charge is -2.08. The molecule has 3 nitrogen and oxygen atoms in total. The van der Waals surface area contributed by atoms with E-state index in [1.54, 1.807) is 18.2 Å². The highest BCUT2D eigenvalue weighted by Gasteiger charge is 2.01. The SMILES string of the molecule is C/C=C(\C=C(\C)COc1ccccc1F)NN. The van der Waals surface area contributed by atoms with Gasteiger partial charge >= 0.3 is 0 Å². The fraction of sp³-hybridized carbons (Fsp3) is 0.231. The van der Waals surface area contributed by atoms with Gasteiger partial charge in [-0.05, 0) is 37.6 Å². The number of allylic oxidation sites excluding steroid dienone is 2. The predicted octanol–water partition coefficient (Wildman–Crippen LogP) is 2.52. The summed E-state index contributed by atoms with van der Waals surface area (Å²) in [5, 5.41) is 0. The molecule has 1 aromatic rings. The van der Waals surface area contributed by atoms with Crippen LogP contribution in [0.15, 0.2) is 47.7 Å². The lowest BCUT2D eigenvalue weighted by molar-refractivity contribution is 0.332. The molecule has 0 unspecified atom stereocenters. The van der Waals surface area contributed by atoms with E-state index >= 15 is 0 Å². The molecule has 0 radical (unpaired) electrons. The van der Waals surface area contributed by atoms with Crippen LogP contribution < -0.4 is 16.0 Å². The highest BCUT2D eigenvalue weighted by Crippen LogP contribution is 2.16. The number of benzene rings is 1. The van der Waals surface area contributed by atoms with Crippen molar-refractivity contribution < 1.29 is 9.13 Å². The van der Waals surface area contributed by atoms with Gasteiger partial charge in [0.2, 0.25) is 0 Å². The van der Waals surface area contributed by atoms with Crippen molar-refractivity contribution in [3.63, 3.8) is 0 Å². The first-order valence-electron chi connectivity index (χ1n) is 5.34. The summed E-state index contributed by atoms with van der Waals surface area (Å²) < 4.78 is 18.6. The third-order valence-corrected chi connectivity index (χ3v) is 2.17. The van der Waals surface area contributed by atoms with Crippen molar-refractivity contribution in [2.75, 3.05) is 6.61 Å². The number of nitrogens with one attached hydrogen (secondary N) is 1. The molecule has 1 aromatic carbocycles. The average molecular weight is 236 g/mol. The van der Waals surface area contributed by atoms with Gasteiger partial charge in [0.15, 0.2) is 11.6 Å². The van der Waals surface area contributed by atoms with Gasteiger partial charge in [0.1, 0.15) is 6.61 Å². The van der Waals surface area contributed by atoms with Crippen LogP contribution in [-0.2, 0) is 0 Å². The molecular formula is C13H17FN2O. The van der Waals surface area contributed by atoms with Crippen LogP contribution in [0.25, 0.3) is 0 Å². The normalized spacial score (nSPS) is 12.5. The number of hydrazine groups is 1. The van der Waals surface area contributed by atoms with Crippen LogP contribution in [0.1, 0.15) is 13.8 Å². The second-order valence-corrected chi connectivity index (χ2v) is 3.60. The molecule has 0 heterocycles. The van der Waals surface area contributed by atoms with E-state index in [1.165, 1.54) is 6.07 Å². The van der Waals surface area contributed by atoms with Gasteiger partial charge in [0.25, 0.3) is 0 Å². The summed E-state index contributed by atoms with van der Waals surface area (Å²) in [5.41, 5.74) is 4.28. The van der Waals surface area contributed by atoms with Gasteiger partial charge in [-0.15, -0.1) is 0 Å². The Bertz CT molecular complexity index is 427. The van der Waals surface area contributed by atoms with Crippen LogP contribution >= 0.6 is 0 Å². The molecule has 0 saturated carbocycles. The number of ether oxygens (including phenoxy) is 1. The smallest absolute Gasteiger partial charge is 0.165 e. The third kappa shape index (κ3) is 4.28. The molecule has 4 heteroatoms. The Morgan fingerprint density at radius 3 is 2.76 bits per heavy atom. The van der Waals surface area contributed by atoms with Crippen LogP contribution in [-0.4, -0.2) is 6.61 Å². The molecule has 0 aliphatic carbocycles. The molecule has 92 valence electrons. The fourth-order valence-electron chi connectivity index (χ4n) is 1.27. The topological polar surface area (TPSA) is 47.3 Å². The van der Waals surface area contributed by atoms with E-state index in [4.69, 9.17) is 10.6 Å². The minimum atomic E-state index is -0.358. The van der Waals surface area contributed by atoms with Crippen LogP contribution in [0, 0.1) is 5.82 Å². The first-order valence-corrected chi connectivity index (χ1v) is 5.34. The molecule has 0 atom stereocenters. The summed E-state index contributed by atoms with van der Waals surface area (Å²) >= 11 is 0. The second kappa shape index (κ2) is 6.70. The van der Waals surface area contributed by atoms with E-state index in [0.29, 0.717) is 6.61 Å². The van der Waals surface area contributed by atoms with Gasteiger partial charge in [0, 0.05) is 5.70 Å². The van der Waals surface area contributed by atoms with Gasteiger partial charge in [0.05, 0.1) is 0 Å². The van der Waals surface area contributed by atoms with Crippen LogP contribution in [0.4, 0.5) is 4.39 Å². The van der Waals surface area contributed by atoms with Crippen molar-refractivity contribution in [1.82, 2.24) is 5.43 Å². The van der Waals surface area contributed by atoms with Crippen LogP contribution in [0.3, 0.4) is 0 Å². The van der Waals surface area contributed by atoms with E-state index in [0.717, 1.165) is 11.3 Å². The number of hydrogen-bond acceptors (Lipinski definition) is 3. The Hall–Kier alpha value is -1.81. The van der Waals surface area contributed by atoms with Crippen molar-refractivity contribution in [3.8, 4) is 5.75 Å². The van der Waals surface area contributed by atoms with Gasteiger partial charge < -0.3 is 10.2 Å². The molecule has 1 rings (SSSR count). The molecular weight excluding hydrogens is 219 g/mol. The Morgan fingerprint density at radius 2 is 2.18 bits per heavy atom. The summed E-state index contributed by atoms with van der Waals surface area (Å²) in [5.74, 6) is 5.19. The van der Waals surface area contributed by atoms with Crippen LogP contribution in [0.2, 0.25) is 0 Å². The summed E-state index contributed by atoms with van der Waals surface area (Å²) in [6.07, 6.45) is 3.69. The number of rotatable bonds is 5. The summed E-state index contributed by atoms with van der Waals surface area (Å²) in [6.45, 7) is 4.08. The number of para-hydroxylation sites is 1. The van der Waals surface area contributed by atoms with Crippen molar-refractivity contribution in [2.24, 2.45) is 5.84 Å². The number of halogens is 1. The van der Waals surface area contributed by atoms with Gasteiger partial charge in [-0.25, -0.2) is 4.39 Å². The highest BCUT2D eigenvalue weighted by molar-refractivity contribution is 5.25. The fourth-order valence-corrected chi connectivity index (χ4v) is 1.27. The number of nitrogens with two attached hydrogens (primary N) is 1. The maximum Gasteiger partial charge on any atom is 0.165 e. The molecule has 0 amide bonds. The molecule has 0 bridgehead atoms. The molecule has 0 aliphatic heterocycles.